The summed E-state index contributed by atoms with van der Waals surface area (Å²) in [6.45, 7) is 3.82. The Bertz CT molecular complexity index is 921. The van der Waals surface area contributed by atoms with Crippen LogP contribution in [0.25, 0.3) is 0 Å². The van der Waals surface area contributed by atoms with E-state index in [1.54, 1.807) is 24.3 Å². The van der Waals surface area contributed by atoms with Crippen LogP contribution >= 0.6 is 7.37 Å². The zero-order chi connectivity index (χ0) is 23.7. The number of hydrogen-bond donors (Lipinski definition) is 4. The van der Waals surface area contributed by atoms with Gasteiger partial charge in [-0.1, -0.05) is 74.5 Å². The number of hydrogen-bond acceptors (Lipinski definition) is 4. The molecular weight excluding hydrogens is 427 g/mol. The molecule has 2 aromatic carbocycles. The Morgan fingerprint density at radius 2 is 1.47 bits per heavy atom. The second-order valence-corrected chi connectivity index (χ2v) is 11.2. The topological polar surface area (TPSA) is 130 Å². The Hall–Kier alpha value is -2.47. The first-order chi connectivity index (χ1) is 15.1. The summed E-state index contributed by atoms with van der Waals surface area (Å²) in [6, 6.07) is 17.1. The van der Waals surface area contributed by atoms with Crippen LogP contribution in [0.5, 0.6) is 0 Å². The second kappa shape index (κ2) is 12.0. The van der Waals surface area contributed by atoms with Crippen LogP contribution in [0.4, 0.5) is 0 Å². The molecule has 0 saturated heterocycles. The third kappa shape index (κ3) is 8.23. The van der Waals surface area contributed by atoms with Crippen molar-refractivity contribution in [3.05, 3.63) is 71.8 Å². The molecule has 0 spiro atoms. The zero-order valence-corrected chi connectivity index (χ0v) is 19.4. The van der Waals surface area contributed by atoms with E-state index in [4.69, 9.17) is 5.73 Å². The summed E-state index contributed by atoms with van der Waals surface area (Å²) in [4.78, 5) is 35.4. The maximum Gasteiger partial charge on any atom is 0.326 e. The number of aliphatic carboxylic acids is 1. The van der Waals surface area contributed by atoms with Crippen LogP contribution in [0, 0.1) is 11.8 Å². The Kier molecular flexibility index (Phi) is 9.63. The number of carbonyl (C=O) groups excluding carboxylic acids is 1. The number of carbonyl (C=O) groups is 2. The smallest absolute Gasteiger partial charge is 0.326 e. The van der Waals surface area contributed by atoms with Crippen LogP contribution in [-0.2, 0) is 27.0 Å². The quantitative estimate of drug-likeness (QED) is 0.360. The summed E-state index contributed by atoms with van der Waals surface area (Å²) in [6.07, 6.45) is 0.409. The van der Waals surface area contributed by atoms with Crippen molar-refractivity contribution in [2.75, 3.05) is 6.16 Å². The van der Waals surface area contributed by atoms with E-state index in [-0.39, 0.29) is 24.9 Å². The molecule has 0 fully saturated rings. The van der Waals surface area contributed by atoms with Gasteiger partial charge in [-0.15, -0.1) is 0 Å². The maximum absolute atomic E-state index is 13.1. The minimum atomic E-state index is -3.88. The van der Waals surface area contributed by atoms with Gasteiger partial charge in [-0.3, -0.25) is 9.36 Å². The van der Waals surface area contributed by atoms with Gasteiger partial charge in [-0.2, -0.15) is 0 Å². The van der Waals surface area contributed by atoms with Crippen LogP contribution in [0.2, 0.25) is 0 Å². The third-order valence-electron chi connectivity index (χ3n) is 5.31. The van der Waals surface area contributed by atoms with Gasteiger partial charge in [0.1, 0.15) is 6.04 Å². The van der Waals surface area contributed by atoms with Gasteiger partial charge in [0.05, 0.1) is 5.78 Å². The summed E-state index contributed by atoms with van der Waals surface area (Å²) in [5, 5.41) is 12.2. The third-order valence-corrected chi connectivity index (χ3v) is 7.49. The first-order valence-electron chi connectivity index (χ1n) is 10.8. The monoisotopic (exact) mass is 460 g/mol. The first kappa shape index (κ1) is 25.8. The highest BCUT2D eigenvalue weighted by atomic mass is 31.2. The molecule has 0 aromatic heterocycles. The van der Waals surface area contributed by atoms with Crippen molar-refractivity contribution >= 4 is 19.2 Å². The van der Waals surface area contributed by atoms with E-state index in [0.717, 1.165) is 11.1 Å². The van der Waals surface area contributed by atoms with Gasteiger partial charge in [0.25, 0.3) is 0 Å². The molecule has 0 aliphatic heterocycles. The number of nitrogens with two attached hydrogens (primary N) is 1. The number of amides is 1. The molecule has 1 unspecified atom stereocenters. The van der Waals surface area contributed by atoms with Crippen molar-refractivity contribution in [2.24, 2.45) is 17.6 Å². The van der Waals surface area contributed by atoms with Crippen LogP contribution < -0.4 is 11.1 Å². The van der Waals surface area contributed by atoms with Crippen LogP contribution in [0.1, 0.15) is 31.4 Å². The number of carboxylic acid groups (broad SMARTS) is 1. The normalized spacial score (nSPS) is 16.0. The van der Waals surface area contributed by atoms with Gasteiger partial charge in [0, 0.05) is 18.5 Å². The predicted molar refractivity (Wildman–Crippen MR) is 125 cm³/mol. The Morgan fingerprint density at radius 1 is 0.969 bits per heavy atom. The molecule has 32 heavy (non-hydrogen) atoms. The largest absolute Gasteiger partial charge is 0.480 e. The van der Waals surface area contributed by atoms with Gasteiger partial charge in [-0.05, 0) is 29.9 Å². The predicted octanol–water partition coefficient (Wildman–Crippen LogP) is 3.26. The molecule has 0 aliphatic carbocycles. The van der Waals surface area contributed by atoms with E-state index in [9.17, 15) is 24.2 Å². The fourth-order valence-corrected chi connectivity index (χ4v) is 5.34. The Labute approximate surface area is 189 Å². The molecule has 0 saturated carbocycles. The van der Waals surface area contributed by atoms with Crippen LogP contribution in [0.15, 0.2) is 60.7 Å². The van der Waals surface area contributed by atoms with Crippen LogP contribution in [0.3, 0.4) is 0 Å². The number of benzene rings is 2. The Balaban J connectivity index is 2.11. The molecule has 5 N–H and O–H groups in total. The summed E-state index contributed by atoms with van der Waals surface area (Å²) in [5.74, 6) is -3.44. The average molecular weight is 461 g/mol. The average Bonchev–Trinajstić information content (AvgIpc) is 2.73. The van der Waals surface area contributed by atoms with E-state index < -0.39 is 37.0 Å². The molecule has 174 valence electrons. The van der Waals surface area contributed by atoms with Crippen molar-refractivity contribution in [3.63, 3.8) is 0 Å². The standard InChI is InChI=1S/C24H33N2O5P/c1-17(2)13-20(16-32(30,31)22(25)15-19-11-7-4-8-12-19)23(27)26-21(24(28)29)14-18-9-5-3-6-10-18/h3-12,17,20-22H,13-16,25H2,1-2H3,(H,26,27)(H,28,29)(H,30,31)/t20-,21+,22+/m1/s1. The highest BCUT2D eigenvalue weighted by molar-refractivity contribution is 7.58. The van der Waals surface area contributed by atoms with Gasteiger partial charge >= 0.3 is 5.97 Å². The minimum Gasteiger partial charge on any atom is -0.480 e. The summed E-state index contributed by atoms with van der Waals surface area (Å²) in [7, 11) is -3.88. The molecule has 0 aliphatic rings. The second-order valence-electron chi connectivity index (χ2n) is 8.61. The maximum atomic E-state index is 13.1. The SMILES string of the molecule is CC(C)C[C@H](CP(=O)(O)[C@H](N)Cc1ccccc1)C(=O)N[C@@H](Cc1ccccc1)C(=O)O. The lowest BCUT2D eigenvalue weighted by atomic mass is 9.97. The van der Waals surface area contributed by atoms with Crippen LogP contribution in [-0.4, -0.2) is 39.9 Å². The van der Waals surface area contributed by atoms with Crippen molar-refractivity contribution in [3.8, 4) is 0 Å². The van der Waals surface area contributed by atoms with E-state index in [1.807, 2.05) is 50.2 Å². The zero-order valence-electron chi connectivity index (χ0n) is 18.6. The summed E-state index contributed by atoms with van der Waals surface area (Å²) in [5.41, 5.74) is 7.69. The number of rotatable bonds is 12. The van der Waals surface area contributed by atoms with E-state index in [2.05, 4.69) is 5.32 Å². The van der Waals surface area contributed by atoms with Crippen molar-refractivity contribution in [1.82, 2.24) is 5.32 Å². The lowest BCUT2D eigenvalue weighted by molar-refractivity contribution is -0.142. The van der Waals surface area contributed by atoms with Gasteiger partial charge < -0.3 is 21.1 Å². The molecule has 0 bridgehead atoms. The molecule has 0 radical (unpaired) electrons. The van der Waals surface area contributed by atoms with Gasteiger partial charge in [-0.25, -0.2) is 4.79 Å². The molecule has 2 rings (SSSR count). The Morgan fingerprint density at radius 3 is 1.94 bits per heavy atom. The number of nitrogens with one attached hydrogen (secondary N) is 1. The highest BCUT2D eigenvalue weighted by Gasteiger charge is 2.35. The summed E-state index contributed by atoms with van der Waals surface area (Å²) >= 11 is 0. The lowest BCUT2D eigenvalue weighted by Crippen LogP contribution is -2.46. The molecule has 0 heterocycles. The fourth-order valence-electron chi connectivity index (χ4n) is 3.62. The van der Waals surface area contributed by atoms with Gasteiger partial charge in [0.2, 0.25) is 13.3 Å². The van der Waals surface area contributed by atoms with E-state index in [0.29, 0.717) is 6.42 Å². The minimum absolute atomic E-state index is 0.0773. The molecule has 7 nitrogen and oxygen atoms in total. The van der Waals surface area contributed by atoms with Crippen molar-refractivity contribution in [1.29, 1.82) is 0 Å². The van der Waals surface area contributed by atoms with E-state index in [1.165, 1.54) is 0 Å². The molecule has 1 amide bonds. The molecule has 4 atom stereocenters. The van der Waals surface area contributed by atoms with Crippen molar-refractivity contribution < 1.29 is 24.2 Å². The first-order valence-corrected chi connectivity index (χ1v) is 12.7. The summed E-state index contributed by atoms with van der Waals surface area (Å²) < 4.78 is 13.1. The highest BCUT2D eigenvalue weighted by Crippen LogP contribution is 2.47. The fraction of sp³-hybridized carbons (Fsp3) is 0.417. The molecular formula is C24H33N2O5P. The molecule has 2 aromatic rings. The number of carboxylic acids is 1. The van der Waals surface area contributed by atoms with Crippen molar-refractivity contribution in [2.45, 2.75) is 44.9 Å². The van der Waals surface area contributed by atoms with Gasteiger partial charge in [0.15, 0.2) is 0 Å². The molecule has 8 heteroatoms. The van der Waals surface area contributed by atoms with E-state index >= 15 is 0 Å². The lowest BCUT2D eigenvalue weighted by Gasteiger charge is -2.26.